The maximum atomic E-state index is 13.8. The van der Waals surface area contributed by atoms with E-state index in [1.165, 1.54) is 24.7 Å². The van der Waals surface area contributed by atoms with Gasteiger partial charge in [0.15, 0.2) is 0 Å². The summed E-state index contributed by atoms with van der Waals surface area (Å²) in [5.74, 6) is -1.78. The van der Waals surface area contributed by atoms with Crippen LogP contribution >= 0.6 is 0 Å². The van der Waals surface area contributed by atoms with Crippen LogP contribution in [0.1, 0.15) is 79.0 Å². The number of carbonyl (C=O) groups is 1. The van der Waals surface area contributed by atoms with Crippen LogP contribution in [0, 0.1) is 17.8 Å². The molecule has 3 saturated carbocycles. The molecule has 0 aromatic carbocycles. The minimum atomic E-state index is -2.76. The van der Waals surface area contributed by atoms with Crippen molar-refractivity contribution < 1.29 is 23.0 Å². The lowest BCUT2D eigenvalue weighted by molar-refractivity contribution is -0.0715. The predicted octanol–water partition coefficient (Wildman–Crippen LogP) is 4.91. The number of ether oxygens (including phenoxy) is 1. The summed E-state index contributed by atoms with van der Waals surface area (Å²) >= 11 is 0. The molecule has 2 aromatic rings. The Hall–Kier alpha value is -2.58. The molecule has 1 aliphatic heterocycles. The van der Waals surface area contributed by atoms with Crippen molar-refractivity contribution in [2.24, 2.45) is 10.8 Å². The highest BCUT2D eigenvalue weighted by Crippen LogP contribution is 2.57. The zero-order valence-corrected chi connectivity index (χ0v) is 19.6. The van der Waals surface area contributed by atoms with E-state index in [9.17, 15) is 13.6 Å². The first-order valence-corrected chi connectivity index (χ1v) is 12.0. The fourth-order valence-corrected chi connectivity index (χ4v) is 5.54. The van der Waals surface area contributed by atoms with Crippen molar-refractivity contribution in [1.29, 1.82) is 0 Å². The third-order valence-electron chi connectivity index (χ3n) is 8.26. The highest BCUT2D eigenvalue weighted by Gasteiger charge is 2.60. The molecule has 34 heavy (non-hydrogen) atoms. The molecule has 4 aliphatic rings. The second kappa shape index (κ2) is 7.71. The fourth-order valence-electron chi connectivity index (χ4n) is 5.54. The van der Waals surface area contributed by atoms with Crippen LogP contribution in [0.2, 0.25) is 0 Å². The van der Waals surface area contributed by atoms with Crippen LogP contribution in [0.25, 0.3) is 0 Å². The maximum absolute atomic E-state index is 13.8. The van der Waals surface area contributed by atoms with E-state index in [1.807, 2.05) is 11.2 Å². The Labute approximate surface area is 197 Å². The van der Waals surface area contributed by atoms with E-state index in [2.05, 4.69) is 20.7 Å². The highest BCUT2D eigenvalue weighted by atomic mass is 19.3. The molecule has 4 fully saturated rings. The van der Waals surface area contributed by atoms with Crippen LogP contribution in [0.4, 0.5) is 13.5 Å². The van der Waals surface area contributed by atoms with Gasteiger partial charge in [-0.1, -0.05) is 0 Å². The SMILES string of the molecule is Cc1cc(C(=O)N2CC3(CC(n4cnc(C5CC5)c4)C3)C2)cnc1OCC1(C(C)(F)F)CC1.F. The number of carbonyl (C=O) groups excluding carboxylic acids is 1. The van der Waals surface area contributed by atoms with E-state index < -0.39 is 11.3 Å². The zero-order valence-electron chi connectivity index (χ0n) is 19.6. The molecule has 9 heteroatoms. The first-order valence-electron chi connectivity index (χ1n) is 12.0. The number of imidazole rings is 1. The molecule has 0 bridgehead atoms. The van der Waals surface area contributed by atoms with Gasteiger partial charge in [0.05, 0.1) is 23.0 Å². The molecule has 6 rings (SSSR count). The summed E-state index contributed by atoms with van der Waals surface area (Å²) in [7, 11) is 0. The Kier molecular flexibility index (Phi) is 5.26. The standard InChI is InChI=1S/C25H30F2N4O2.FH/c1-16-7-18(10-28-21(16)33-14-25(5-6-25)23(2,26)27)22(32)31-12-24(13-31)8-19(9-24)30-11-20(29-15-30)17-3-4-17;/h7,10-11,15,17,19H,3-6,8-9,12-14H2,1-2H3;1H. The van der Waals surface area contributed by atoms with Gasteiger partial charge in [-0.15, -0.1) is 0 Å². The number of hydrogen-bond donors (Lipinski definition) is 0. The largest absolute Gasteiger partial charge is 0.477 e. The molecule has 1 spiro atoms. The Balaban J connectivity index is 0.00000241. The second-order valence-electron chi connectivity index (χ2n) is 11.0. The number of hydrogen-bond acceptors (Lipinski definition) is 4. The number of aromatic nitrogens is 3. The predicted molar refractivity (Wildman–Crippen MR) is 120 cm³/mol. The molecule has 3 aliphatic carbocycles. The number of halogens is 3. The second-order valence-corrected chi connectivity index (χ2v) is 11.0. The van der Waals surface area contributed by atoms with Gasteiger partial charge in [-0.3, -0.25) is 9.50 Å². The number of nitrogens with zero attached hydrogens (tertiary/aromatic N) is 4. The average Bonchev–Trinajstić information content (AvgIpc) is 3.63. The van der Waals surface area contributed by atoms with E-state index in [1.54, 1.807) is 13.0 Å². The molecule has 0 N–H and O–H groups in total. The summed E-state index contributed by atoms with van der Waals surface area (Å²) in [6.07, 6.45) is 11.3. The smallest absolute Gasteiger partial charge is 0.255 e. The molecule has 3 heterocycles. The lowest BCUT2D eigenvalue weighted by atomic mass is 9.60. The van der Waals surface area contributed by atoms with Crippen LogP contribution in [0.15, 0.2) is 24.8 Å². The summed E-state index contributed by atoms with van der Waals surface area (Å²) < 4.78 is 35.4. The topological polar surface area (TPSA) is 60.2 Å². The van der Waals surface area contributed by atoms with Gasteiger partial charge in [-0.25, -0.2) is 18.7 Å². The van der Waals surface area contributed by atoms with Crippen molar-refractivity contribution in [1.82, 2.24) is 19.4 Å². The van der Waals surface area contributed by atoms with Crippen LogP contribution in [0.3, 0.4) is 0 Å². The van der Waals surface area contributed by atoms with Gasteiger partial charge >= 0.3 is 0 Å². The van der Waals surface area contributed by atoms with Crippen molar-refractivity contribution in [3.8, 4) is 5.88 Å². The zero-order chi connectivity index (χ0) is 23.0. The third-order valence-corrected chi connectivity index (χ3v) is 8.26. The number of likely N-dealkylation sites (tertiary alicyclic amines) is 1. The van der Waals surface area contributed by atoms with Crippen molar-refractivity contribution in [3.63, 3.8) is 0 Å². The summed E-state index contributed by atoms with van der Waals surface area (Å²) in [6, 6.07) is 2.25. The van der Waals surface area contributed by atoms with Crippen LogP contribution in [0.5, 0.6) is 5.88 Å². The monoisotopic (exact) mass is 476 g/mol. The normalized spacial score (nSPS) is 22.5. The van der Waals surface area contributed by atoms with Gasteiger partial charge in [-0.2, -0.15) is 0 Å². The summed E-state index contributed by atoms with van der Waals surface area (Å²) in [4.78, 5) is 23.7. The van der Waals surface area contributed by atoms with Crippen molar-refractivity contribution in [3.05, 3.63) is 41.6 Å². The number of aryl methyl sites for hydroxylation is 1. The number of amides is 1. The van der Waals surface area contributed by atoms with Crippen molar-refractivity contribution in [2.75, 3.05) is 19.7 Å². The maximum Gasteiger partial charge on any atom is 0.255 e. The number of rotatable bonds is 7. The molecule has 0 unspecified atom stereocenters. The summed E-state index contributed by atoms with van der Waals surface area (Å²) in [5, 5.41) is 0. The lowest BCUT2D eigenvalue weighted by Gasteiger charge is -2.59. The molecule has 184 valence electrons. The Morgan fingerprint density at radius 3 is 2.53 bits per heavy atom. The molecule has 1 saturated heterocycles. The van der Waals surface area contributed by atoms with Gasteiger partial charge in [0.2, 0.25) is 5.88 Å². The van der Waals surface area contributed by atoms with E-state index in [0.717, 1.165) is 32.9 Å². The minimum Gasteiger partial charge on any atom is -0.477 e. The first-order chi connectivity index (χ1) is 15.7. The van der Waals surface area contributed by atoms with E-state index in [0.29, 0.717) is 41.8 Å². The molecular formula is C25H31F3N4O2. The average molecular weight is 477 g/mol. The van der Waals surface area contributed by atoms with E-state index in [4.69, 9.17) is 4.74 Å². The Bertz CT molecular complexity index is 1090. The fraction of sp³-hybridized carbons (Fsp3) is 0.640. The van der Waals surface area contributed by atoms with Crippen molar-refractivity contribution in [2.45, 2.75) is 70.3 Å². The Morgan fingerprint density at radius 1 is 1.24 bits per heavy atom. The first kappa shape index (κ1) is 23.2. The molecule has 1 amide bonds. The quantitative estimate of drug-likeness (QED) is 0.570. The lowest BCUT2D eigenvalue weighted by Crippen LogP contribution is -2.63. The third kappa shape index (κ3) is 3.86. The van der Waals surface area contributed by atoms with Crippen LogP contribution in [-0.4, -0.2) is 51.0 Å². The van der Waals surface area contributed by atoms with Gasteiger partial charge in [0, 0.05) is 55.3 Å². The summed E-state index contributed by atoms with van der Waals surface area (Å²) in [5.41, 5.74) is 1.61. The van der Waals surface area contributed by atoms with Crippen molar-refractivity contribution >= 4 is 5.91 Å². The Morgan fingerprint density at radius 2 is 1.94 bits per heavy atom. The molecule has 2 aromatic heterocycles. The highest BCUT2D eigenvalue weighted by molar-refractivity contribution is 5.94. The van der Waals surface area contributed by atoms with Crippen LogP contribution < -0.4 is 4.74 Å². The number of alkyl halides is 2. The van der Waals surface area contributed by atoms with Gasteiger partial charge in [0.25, 0.3) is 11.8 Å². The van der Waals surface area contributed by atoms with Gasteiger partial charge in [-0.05, 0) is 51.5 Å². The van der Waals surface area contributed by atoms with E-state index >= 15 is 0 Å². The molecular weight excluding hydrogens is 445 g/mol. The van der Waals surface area contributed by atoms with Gasteiger partial charge in [0.1, 0.15) is 6.61 Å². The van der Waals surface area contributed by atoms with Crippen LogP contribution in [-0.2, 0) is 0 Å². The summed E-state index contributed by atoms with van der Waals surface area (Å²) in [6.45, 7) is 4.26. The number of pyridine rings is 1. The van der Waals surface area contributed by atoms with Gasteiger partial charge < -0.3 is 14.2 Å². The molecule has 6 nitrogen and oxygen atoms in total. The minimum absolute atomic E-state index is 0. The van der Waals surface area contributed by atoms with E-state index in [-0.39, 0.29) is 22.6 Å². The molecule has 0 atom stereocenters. The molecule has 0 radical (unpaired) electrons.